The van der Waals surface area contributed by atoms with Gasteiger partial charge in [0.15, 0.2) is 0 Å². The van der Waals surface area contributed by atoms with E-state index in [2.05, 4.69) is 0 Å². The summed E-state index contributed by atoms with van der Waals surface area (Å²) < 4.78 is 1.54. The van der Waals surface area contributed by atoms with Gasteiger partial charge in [0.2, 0.25) is 0 Å². The molecule has 0 saturated carbocycles. The first kappa shape index (κ1) is 8.84. The highest BCUT2D eigenvalue weighted by atomic mass is 16.3. The number of hydrogen-bond acceptors (Lipinski definition) is 2. The van der Waals surface area contributed by atoms with Crippen LogP contribution in [-0.2, 0) is 13.5 Å². The van der Waals surface area contributed by atoms with Crippen molar-refractivity contribution in [1.29, 1.82) is 0 Å². The largest absolute Gasteiger partial charge is 0.507 e. The molecule has 0 fully saturated rings. The molecule has 0 amide bonds. The van der Waals surface area contributed by atoms with Gasteiger partial charge < -0.3 is 9.67 Å². The average molecular weight is 167 g/mol. The summed E-state index contributed by atoms with van der Waals surface area (Å²) in [6.45, 7) is 3.65. The first-order valence-corrected chi connectivity index (χ1v) is 3.96. The van der Waals surface area contributed by atoms with Crippen molar-refractivity contribution < 1.29 is 5.11 Å². The minimum atomic E-state index is -0.102. The van der Waals surface area contributed by atoms with Gasteiger partial charge in [-0.15, -0.1) is 0 Å². The summed E-state index contributed by atoms with van der Waals surface area (Å²) >= 11 is 0. The summed E-state index contributed by atoms with van der Waals surface area (Å²) in [7, 11) is 1.70. The maximum atomic E-state index is 11.4. The van der Waals surface area contributed by atoms with Crippen molar-refractivity contribution in [3.8, 4) is 5.75 Å². The second kappa shape index (κ2) is 3.01. The molecule has 0 aromatic carbocycles. The lowest BCUT2D eigenvalue weighted by Gasteiger charge is -2.07. The standard InChI is InChI=1S/C9H13NO2/c1-4-7-8(11)5-6(2)10(3)9(7)12/h5,11H,4H2,1-3H3. The Labute approximate surface area is 71.3 Å². The fraction of sp³-hybridized carbons (Fsp3) is 0.444. The van der Waals surface area contributed by atoms with Crippen molar-refractivity contribution in [1.82, 2.24) is 4.57 Å². The lowest BCUT2D eigenvalue weighted by Crippen LogP contribution is -2.22. The zero-order valence-corrected chi connectivity index (χ0v) is 7.59. The van der Waals surface area contributed by atoms with Crippen molar-refractivity contribution in [3.63, 3.8) is 0 Å². The molecule has 12 heavy (non-hydrogen) atoms. The minimum Gasteiger partial charge on any atom is -0.507 e. The zero-order chi connectivity index (χ0) is 9.30. The molecule has 0 unspecified atom stereocenters. The Morgan fingerprint density at radius 2 is 2.17 bits per heavy atom. The van der Waals surface area contributed by atoms with E-state index < -0.39 is 0 Å². The van der Waals surface area contributed by atoms with Crippen molar-refractivity contribution in [3.05, 3.63) is 27.7 Å². The highest BCUT2D eigenvalue weighted by molar-refractivity contribution is 5.31. The van der Waals surface area contributed by atoms with E-state index in [1.165, 1.54) is 0 Å². The summed E-state index contributed by atoms with van der Waals surface area (Å²) in [6.07, 6.45) is 0.568. The quantitative estimate of drug-likeness (QED) is 0.677. The van der Waals surface area contributed by atoms with Crippen molar-refractivity contribution in [2.24, 2.45) is 7.05 Å². The van der Waals surface area contributed by atoms with Gasteiger partial charge in [0, 0.05) is 12.7 Å². The summed E-state index contributed by atoms with van der Waals surface area (Å²) in [5.41, 5.74) is 1.16. The predicted molar refractivity (Wildman–Crippen MR) is 47.5 cm³/mol. The molecular weight excluding hydrogens is 154 g/mol. The molecule has 66 valence electrons. The summed E-state index contributed by atoms with van der Waals surface area (Å²) in [5, 5.41) is 9.38. The molecule has 0 aliphatic rings. The molecule has 0 aliphatic heterocycles. The van der Waals surface area contributed by atoms with Gasteiger partial charge in [0.25, 0.3) is 5.56 Å². The Balaban J connectivity index is 3.52. The molecule has 3 heteroatoms. The van der Waals surface area contributed by atoms with Crippen molar-refractivity contribution >= 4 is 0 Å². The van der Waals surface area contributed by atoms with Crippen LogP contribution in [0.2, 0.25) is 0 Å². The maximum absolute atomic E-state index is 11.4. The highest BCUT2D eigenvalue weighted by Crippen LogP contribution is 2.13. The zero-order valence-electron chi connectivity index (χ0n) is 7.59. The number of rotatable bonds is 1. The monoisotopic (exact) mass is 167 g/mol. The van der Waals surface area contributed by atoms with Crippen LogP contribution in [0.25, 0.3) is 0 Å². The SMILES string of the molecule is CCc1c(O)cc(C)n(C)c1=O. The Bertz CT molecular complexity index is 352. The van der Waals surface area contributed by atoms with Gasteiger partial charge >= 0.3 is 0 Å². The molecule has 0 spiro atoms. The number of aromatic nitrogens is 1. The summed E-state index contributed by atoms with van der Waals surface area (Å²) in [6, 6.07) is 1.61. The van der Waals surface area contributed by atoms with Crippen LogP contribution in [0, 0.1) is 6.92 Å². The van der Waals surface area contributed by atoms with E-state index in [0.29, 0.717) is 12.0 Å². The van der Waals surface area contributed by atoms with E-state index in [-0.39, 0.29) is 11.3 Å². The van der Waals surface area contributed by atoms with Crippen molar-refractivity contribution in [2.45, 2.75) is 20.3 Å². The third-order valence-electron chi connectivity index (χ3n) is 2.10. The molecule has 0 bridgehead atoms. The summed E-state index contributed by atoms with van der Waals surface area (Å²) in [5.74, 6) is 0.109. The van der Waals surface area contributed by atoms with E-state index in [1.807, 2.05) is 6.92 Å². The van der Waals surface area contributed by atoms with Crippen LogP contribution in [0.1, 0.15) is 18.2 Å². The van der Waals surface area contributed by atoms with Crippen LogP contribution in [-0.4, -0.2) is 9.67 Å². The number of aromatic hydroxyl groups is 1. The molecule has 0 aliphatic carbocycles. The van der Waals surface area contributed by atoms with E-state index in [9.17, 15) is 9.90 Å². The number of nitrogens with zero attached hydrogens (tertiary/aromatic N) is 1. The third kappa shape index (κ3) is 1.22. The van der Waals surface area contributed by atoms with Gasteiger partial charge in [-0.05, 0) is 19.4 Å². The highest BCUT2D eigenvalue weighted by Gasteiger charge is 2.07. The van der Waals surface area contributed by atoms with Crippen LogP contribution < -0.4 is 5.56 Å². The van der Waals surface area contributed by atoms with E-state index in [1.54, 1.807) is 24.6 Å². The van der Waals surface area contributed by atoms with E-state index in [0.717, 1.165) is 5.69 Å². The molecule has 3 nitrogen and oxygen atoms in total. The van der Waals surface area contributed by atoms with Gasteiger partial charge in [0.1, 0.15) is 5.75 Å². The number of pyridine rings is 1. The first-order chi connectivity index (χ1) is 5.57. The maximum Gasteiger partial charge on any atom is 0.257 e. The van der Waals surface area contributed by atoms with Crippen LogP contribution >= 0.6 is 0 Å². The second-order valence-electron chi connectivity index (χ2n) is 2.87. The average Bonchev–Trinajstić information content (AvgIpc) is 2.01. The Hall–Kier alpha value is -1.25. The van der Waals surface area contributed by atoms with Crippen LogP contribution in [0.5, 0.6) is 5.75 Å². The number of hydrogen-bond donors (Lipinski definition) is 1. The van der Waals surface area contributed by atoms with E-state index in [4.69, 9.17) is 0 Å². The van der Waals surface area contributed by atoms with Crippen LogP contribution in [0.15, 0.2) is 10.9 Å². The normalized spacial score (nSPS) is 10.2. The minimum absolute atomic E-state index is 0.102. The Morgan fingerprint density at radius 3 is 2.67 bits per heavy atom. The third-order valence-corrected chi connectivity index (χ3v) is 2.10. The van der Waals surface area contributed by atoms with Crippen LogP contribution in [0.3, 0.4) is 0 Å². The van der Waals surface area contributed by atoms with Gasteiger partial charge in [-0.1, -0.05) is 6.92 Å². The number of aryl methyl sites for hydroxylation is 1. The molecular formula is C9H13NO2. The van der Waals surface area contributed by atoms with Gasteiger partial charge in [0.05, 0.1) is 5.56 Å². The topological polar surface area (TPSA) is 42.2 Å². The molecule has 0 radical (unpaired) electrons. The van der Waals surface area contributed by atoms with Crippen LogP contribution in [0.4, 0.5) is 0 Å². The fourth-order valence-corrected chi connectivity index (χ4v) is 1.19. The molecule has 1 rings (SSSR count). The Morgan fingerprint density at radius 1 is 1.58 bits per heavy atom. The fourth-order valence-electron chi connectivity index (χ4n) is 1.19. The van der Waals surface area contributed by atoms with E-state index >= 15 is 0 Å². The summed E-state index contributed by atoms with van der Waals surface area (Å²) in [4.78, 5) is 11.4. The van der Waals surface area contributed by atoms with Gasteiger partial charge in [-0.25, -0.2) is 0 Å². The molecule has 1 N–H and O–H groups in total. The van der Waals surface area contributed by atoms with Gasteiger partial charge in [-0.2, -0.15) is 0 Å². The second-order valence-corrected chi connectivity index (χ2v) is 2.87. The Kier molecular flexibility index (Phi) is 2.22. The smallest absolute Gasteiger partial charge is 0.257 e. The molecule has 1 aromatic rings. The first-order valence-electron chi connectivity index (χ1n) is 3.96. The molecule has 1 aromatic heterocycles. The molecule has 0 atom stereocenters. The van der Waals surface area contributed by atoms with Gasteiger partial charge in [-0.3, -0.25) is 4.79 Å². The predicted octanol–water partition coefficient (Wildman–Crippen LogP) is 0.962. The lowest BCUT2D eigenvalue weighted by atomic mass is 10.2. The van der Waals surface area contributed by atoms with Crippen molar-refractivity contribution in [2.75, 3.05) is 0 Å². The lowest BCUT2D eigenvalue weighted by molar-refractivity contribution is 0.463. The molecule has 0 saturated heterocycles. The molecule has 1 heterocycles.